The first-order valence-electron chi connectivity index (χ1n) is 7.00. The van der Waals surface area contributed by atoms with E-state index in [-0.39, 0.29) is 17.1 Å². The third-order valence-electron chi connectivity index (χ3n) is 3.49. The number of halogens is 1. The number of nitrogens with one attached hydrogen (secondary N) is 1. The Morgan fingerprint density at radius 1 is 1.21 bits per heavy atom. The van der Waals surface area contributed by atoms with Crippen molar-refractivity contribution in [3.8, 4) is 11.5 Å². The highest BCUT2D eigenvalue weighted by Crippen LogP contribution is 2.35. The fraction of sp³-hybridized carbons (Fsp3) is 0.0588. The maximum absolute atomic E-state index is 12.5. The van der Waals surface area contributed by atoms with E-state index in [4.69, 9.17) is 4.74 Å². The summed E-state index contributed by atoms with van der Waals surface area (Å²) < 4.78 is 5.72. The maximum atomic E-state index is 12.5. The number of hydrogen-bond acceptors (Lipinski definition) is 4. The van der Waals surface area contributed by atoms with Crippen molar-refractivity contribution in [2.24, 2.45) is 0 Å². The van der Waals surface area contributed by atoms with Crippen LogP contribution in [0, 0.1) is 0 Å². The third-order valence-corrected chi connectivity index (χ3v) is 3.95. The van der Waals surface area contributed by atoms with E-state index >= 15 is 0 Å². The van der Waals surface area contributed by atoms with Crippen molar-refractivity contribution in [1.82, 2.24) is 5.43 Å². The Bertz CT molecular complexity index is 849. The van der Waals surface area contributed by atoms with E-state index in [9.17, 15) is 14.7 Å². The van der Waals surface area contributed by atoms with E-state index in [1.807, 2.05) is 6.07 Å². The number of benzene rings is 2. The molecule has 1 aliphatic rings. The molecule has 0 aliphatic carbocycles. The summed E-state index contributed by atoms with van der Waals surface area (Å²) in [6.07, 6.45) is 1.34. The van der Waals surface area contributed by atoms with Gasteiger partial charge in [0, 0.05) is 10.0 Å². The van der Waals surface area contributed by atoms with Crippen molar-refractivity contribution >= 4 is 39.5 Å². The van der Waals surface area contributed by atoms with Gasteiger partial charge in [0.05, 0.1) is 12.8 Å². The third kappa shape index (κ3) is 2.85. The first kappa shape index (κ1) is 16.1. The monoisotopic (exact) mass is 388 g/mol. The average Bonchev–Trinajstić information content (AvgIpc) is 2.86. The zero-order valence-corrected chi connectivity index (χ0v) is 14.2. The highest BCUT2D eigenvalue weighted by Gasteiger charge is 2.34. The zero-order valence-electron chi connectivity index (χ0n) is 12.6. The van der Waals surface area contributed by atoms with Crippen LogP contribution < -0.4 is 15.2 Å². The minimum Gasteiger partial charge on any atom is -0.504 e. The van der Waals surface area contributed by atoms with Crippen LogP contribution >= 0.6 is 15.9 Å². The van der Waals surface area contributed by atoms with Gasteiger partial charge < -0.3 is 9.84 Å². The van der Waals surface area contributed by atoms with E-state index in [0.29, 0.717) is 15.7 Å². The Labute approximate surface area is 146 Å². The minimum absolute atomic E-state index is 0.0747. The van der Waals surface area contributed by atoms with Gasteiger partial charge in [0.25, 0.3) is 11.8 Å². The molecule has 0 spiro atoms. The molecule has 24 heavy (non-hydrogen) atoms. The predicted molar refractivity (Wildman–Crippen MR) is 92.4 cm³/mol. The van der Waals surface area contributed by atoms with Gasteiger partial charge in [-0.05, 0) is 30.3 Å². The normalized spacial score (nSPS) is 15.8. The van der Waals surface area contributed by atoms with E-state index in [2.05, 4.69) is 21.4 Å². The molecule has 0 radical (unpaired) electrons. The summed E-state index contributed by atoms with van der Waals surface area (Å²) in [6, 6.07) is 11.9. The molecule has 0 unspecified atom stereocenters. The van der Waals surface area contributed by atoms with Gasteiger partial charge in [-0.2, -0.15) is 0 Å². The molecule has 122 valence electrons. The lowest BCUT2D eigenvalue weighted by molar-refractivity contribution is -0.117. The van der Waals surface area contributed by atoms with Crippen LogP contribution in [0.25, 0.3) is 6.08 Å². The maximum Gasteiger partial charge on any atom is 0.282 e. The number of ether oxygens (including phenoxy) is 1. The fourth-order valence-electron chi connectivity index (χ4n) is 2.33. The Balaban J connectivity index is 2.01. The fourth-order valence-corrected chi connectivity index (χ4v) is 2.79. The van der Waals surface area contributed by atoms with Gasteiger partial charge in [-0.3, -0.25) is 15.0 Å². The molecule has 1 fully saturated rings. The highest BCUT2D eigenvalue weighted by atomic mass is 79.9. The summed E-state index contributed by atoms with van der Waals surface area (Å²) in [6.45, 7) is 0. The molecule has 2 aromatic carbocycles. The number of aromatic hydroxyl groups is 1. The van der Waals surface area contributed by atoms with Gasteiger partial charge in [0.15, 0.2) is 11.5 Å². The second-order valence-corrected chi connectivity index (χ2v) is 5.94. The van der Waals surface area contributed by atoms with Crippen LogP contribution in [0.15, 0.2) is 52.5 Å². The van der Waals surface area contributed by atoms with Crippen LogP contribution in [-0.4, -0.2) is 24.0 Å². The molecule has 1 heterocycles. The summed E-state index contributed by atoms with van der Waals surface area (Å²) >= 11 is 3.30. The van der Waals surface area contributed by atoms with Gasteiger partial charge in [-0.1, -0.05) is 34.1 Å². The molecule has 2 aromatic rings. The van der Waals surface area contributed by atoms with Crippen LogP contribution in [0.2, 0.25) is 0 Å². The van der Waals surface area contributed by atoms with Crippen LogP contribution in [0.1, 0.15) is 5.56 Å². The van der Waals surface area contributed by atoms with Gasteiger partial charge in [0.1, 0.15) is 5.57 Å². The number of nitrogens with zero attached hydrogens (tertiary/aromatic N) is 1. The van der Waals surface area contributed by atoms with Crippen LogP contribution in [0.4, 0.5) is 5.69 Å². The first-order chi connectivity index (χ1) is 11.5. The molecule has 0 aromatic heterocycles. The molecule has 0 atom stereocenters. The molecule has 2 N–H and O–H groups in total. The lowest BCUT2D eigenvalue weighted by Gasteiger charge is -2.13. The molecule has 1 aliphatic heterocycles. The molecule has 0 saturated carbocycles. The lowest BCUT2D eigenvalue weighted by atomic mass is 10.1. The number of phenolic OH excluding ortho intramolecular Hbond substituents is 1. The quantitative estimate of drug-likeness (QED) is 0.625. The predicted octanol–water partition coefficient (Wildman–Crippen LogP) is 2.62. The van der Waals surface area contributed by atoms with Gasteiger partial charge >= 0.3 is 0 Å². The van der Waals surface area contributed by atoms with E-state index in [1.54, 1.807) is 36.4 Å². The topological polar surface area (TPSA) is 78.9 Å². The van der Waals surface area contributed by atoms with Gasteiger partial charge in [-0.25, -0.2) is 5.01 Å². The number of hydrazine groups is 1. The summed E-state index contributed by atoms with van der Waals surface area (Å²) in [7, 11) is 1.42. The average molecular weight is 389 g/mol. The summed E-state index contributed by atoms with van der Waals surface area (Å²) in [5.41, 5.74) is 3.28. The molecular formula is C17H13BrN2O4. The van der Waals surface area contributed by atoms with Crippen LogP contribution in [-0.2, 0) is 9.59 Å². The zero-order chi connectivity index (χ0) is 17.3. The Hall–Kier alpha value is -2.80. The van der Waals surface area contributed by atoms with E-state index in [1.165, 1.54) is 18.2 Å². The number of hydrogen-bond donors (Lipinski definition) is 2. The molecule has 2 amide bonds. The smallest absolute Gasteiger partial charge is 0.282 e. The van der Waals surface area contributed by atoms with Gasteiger partial charge in [-0.15, -0.1) is 0 Å². The summed E-state index contributed by atoms with van der Waals surface area (Å²) in [5, 5.41) is 11.3. The number of para-hydroxylation sites is 1. The van der Waals surface area contributed by atoms with Crippen LogP contribution in [0.5, 0.6) is 11.5 Å². The Morgan fingerprint density at radius 2 is 1.92 bits per heavy atom. The number of amides is 2. The molecule has 0 bridgehead atoms. The van der Waals surface area contributed by atoms with Crippen molar-refractivity contribution in [1.29, 1.82) is 0 Å². The lowest BCUT2D eigenvalue weighted by Crippen LogP contribution is -2.35. The number of phenols is 1. The first-order valence-corrected chi connectivity index (χ1v) is 7.79. The number of carbonyl (C=O) groups is 2. The second-order valence-electron chi connectivity index (χ2n) is 5.02. The van der Waals surface area contributed by atoms with Crippen molar-refractivity contribution in [3.05, 3.63) is 58.1 Å². The number of carbonyl (C=O) groups excluding carboxylic acids is 2. The number of methoxy groups -OCH3 is 1. The van der Waals surface area contributed by atoms with Gasteiger partial charge in [0.2, 0.25) is 0 Å². The number of anilines is 1. The van der Waals surface area contributed by atoms with Crippen molar-refractivity contribution in [3.63, 3.8) is 0 Å². The number of rotatable bonds is 3. The molecule has 7 heteroatoms. The van der Waals surface area contributed by atoms with Crippen molar-refractivity contribution in [2.75, 3.05) is 12.1 Å². The second kappa shape index (κ2) is 6.37. The molecule has 6 nitrogen and oxygen atoms in total. The van der Waals surface area contributed by atoms with Crippen LogP contribution in [0.3, 0.4) is 0 Å². The molecule has 3 rings (SSSR count). The largest absolute Gasteiger partial charge is 0.504 e. The SMILES string of the molecule is COc1cc(Br)cc(/C=C2/C(=O)NN(c3ccccc3)C2=O)c1O. The van der Waals surface area contributed by atoms with Crippen molar-refractivity contribution in [2.45, 2.75) is 0 Å². The minimum atomic E-state index is -0.540. The van der Waals surface area contributed by atoms with E-state index < -0.39 is 11.8 Å². The Kier molecular flexibility index (Phi) is 4.26. The summed E-state index contributed by atoms with van der Waals surface area (Å²) in [4.78, 5) is 24.7. The van der Waals surface area contributed by atoms with Crippen molar-refractivity contribution < 1.29 is 19.4 Å². The molecule has 1 saturated heterocycles. The molecular weight excluding hydrogens is 376 g/mol. The highest BCUT2D eigenvalue weighted by molar-refractivity contribution is 9.10. The standard InChI is InChI=1S/C17H13BrN2O4/c1-24-14-9-11(18)7-10(15(14)21)8-13-16(22)19-20(17(13)23)12-5-3-2-4-6-12/h2-9,21H,1H3,(H,19,22)/b13-8-. The summed E-state index contributed by atoms with van der Waals surface area (Å²) in [5.74, 6) is -0.944. The van der Waals surface area contributed by atoms with E-state index in [0.717, 1.165) is 0 Å². The Morgan fingerprint density at radius 3 is 2.58 bits per heavy atom.